The van der Waals surface area contributed by atoms with Gasteiger partial charge in [-0.15, -0.1) is 0 Å². The molecule has 2 aromatic rings. The SMILES string of the molecule is O=C(N[C@H]1Cc2ccccc2[C@@H]1O)c1cnc2c(c1)C(=O)CCC2. The third-order valence-corrected chi connectivity index (χ3v) is 4.86. The van der Waals surface area contributed by atoms with E-state index in [1.54, 1.807) is 6.07 Å². The van der Waals surface area contributed by atoms with Crippen molar-refractivity contribution >= 4 is 11.7 Å². The Kier molecular flexibility index (Phi) is 3.65. The Morgan fingerprint density at radius 3 is 2.92 bits per heavy atom. The normalized spacial score (nSPS) is 22.0. The van der Waals surface area contributed by atoms with Crippen molar-refractivity contribution in [2.75, 3.05) is 0 Å². The largest absolute Gasteiger partial charge is 0.386 e. The number of aryl methyl sites for hydroxylation is 1. The number of ketones is 1. The summed E-state index contributed by atoms with van der Waals surface area (Å²) in [5.41, 5.74) is 3.61. The molecule has 2 aliphatic rings. The number of aliphatic hydroxyl groups excluding tert-OH is 1. The lowest BCUT2D eigenvalue weighted by molar-refractivity contribution is 0.0858. The number of nitrogens with one attached hydrogen (secondary N) is 1. The number of pyridine rings is 1. The minimum atomic E-state index is -0.711. The smallest absolute Gasteiger partial charge is 0.253 e. The molecule has 0 bridgehead atoms. The Labute approximate surface area is 139 Å². The molecule has 2 N–H and O–H groups in total. The molecule has 5 nitrogen and oxygen atoms in total. The fraction of sp³-hybridized carbons (Fsp3) is 0.316. The molecule has 24 heavy (non-hydrogen) atoms. The van der Waals surface area contributed by atoms with Gasteiger partial charge in [0.15, 0.2) is 5.78 Å². The number of hydrogen-bond acceptors (Lipinski definition) is 4. The number of fused-ring (bicyclic) bond motifs is 2. The van der Waals surface area contributed by atoms with Crippen molar-refractivity contribution in [3.8, 4) is 0 Å². The van der Waals surface area contributed by atoms with E-state index in [0.29, 0.717) is 24.0 Å². The van der Waals surface area contributed by atoms with E-state index in [-0.39, 0.29) is 17.7 Å². The molecule has 5 heteroatoms. The maximum absolute atomic E-state index is 12.5. The van der Waals surface area contributed by atoms with Crippen LogP contribution in [0.5, 0.6) is 0 Å². The van der Waals surface area contributed by atoms with Crippen LogP contribution in [0.1, 0.15) is 56.5 Å². The van der Waals surface area contributed by atoms with Crippen LogP contribution in [0.4, 0.5) is 0 Å². The monoisotopic (exact) mass is 322 g/mol. The van der Waals surface area contributed by atoms with E-state index in [4.69, 9.17) is 0 Å². The van der Waals surface area contributed by atoms with Crippen molar-refractivity contribution in [1.82, 2.24) is 10.3 Å². The number of Topliss-reactive ketones (excluding diaryl/α,β-unsaturated/α-hetero) is 1. The van der Waals surface area contributed by atoms with Crippen LogP contribution in [0.15, 0.2) is 36.5 Å². The molecule has 122 valence electrons. The van der Waals surface area contributed by atoms with Gasteiger partial charge in [0.1, 0.15) is 0 Å². The van der Waals surface area contributed by atoms with Gasteiger partial charge in [-0.05, 0) is 36.5 Å². The predicted molar refractivity (Wildman–Crippen MR) is 87.9 cm³/mol. The van der Waals surface area contributed by atoms with Crippen LogP contribution in [-0.2, 0) is 12.8 Å². The van der Waals surface area contributed by atoms with Gasteiger partial charge in [0.25, 0.3) is 5.91 Å². The Morgan fingerprint density at radius 2 is 2.08 bits per heavy atom. The first-order valence-corrected chi connectivity index (χ1v) is 8.22. The number of aromatic nitrogens is 1. The highest BCUT2D eigenvalue weighted by Crippen LogP contribution is 2.31. The lowest BCUT2D eigenvalue weighted by atomic mass is 9.94. The number of aliphatic hydroxyl groups is 1. The van der Waals surface area contributed by atoms with Gasteiger partial charge in [0.2, 0.25) is 0 Å². The highest BCUT2D eigenvalue weighted by Gasteiger charge is 2.32. The van der Waals surface area contributed by atoms with Crippen LogP contribution in [-0.4, -0.2) is 27.8 Å². The van der Waals surface area contributed by atoms with Crippen LogP contribution in [0.25, 0.3) is 0 Å². The summed E-state index contributed by atoms with van der Waals surface area (Å²) >= 11 is 0. The van der Waals surface area contributed by atoms with Crippen LogP contribution in [0.2, 0.25) is 0 Å². The lowest BCUT2D eigenvalue weighted by Gasteiger charge is -2.18. The van der Waals surface area contributed by atoms with E-state index in [1.807, 2.05) is 24.3 Å². The quantitative estimate of drug-likeness (QED) is 0.886. The molecule has 1 aromatic heterocycles. The van der Waals surface area contributed by atoms with Gasteiger partial charge >= 0.3 is 0 Å². The first kappa shape index (κ1) is 15.0. The number of carbonyl (C=O) groups excluding carboxylic acids is 2. The summed E-state index contributed by atoms with van der Waals surface area (Å²) < 4.78 is 0. The van der Waals surface area contributed by atoms with Crippen LogP contribution in [0, 0.1) is 0 Å². The fourth-order valence-corrected chi connectivity index (χ4v) is 3.56. The molecular formula is C19H18N2O3. The zero-order valence-corrected chi connectivity index (χ0v) is 13.2. The van der Waals surface area contributed by atoms with Crippen molar-refractivity contribution in [3.63, 3.8) is 0 Å². The van der Waals surface area contributed by atoms with Crippen LogP contribution >= 0.6 is 0 Å². The molecule has 0 spiro atoms. The molecule has 0 fully saturated rings. The van der Waals surface area contributed by atoms with Gasteiger partial charge in [0, 0.05) is 18.2 Å². The van der Waals surface area contributed by atoms with Gasteiger partial charge in [-0.1, -0.05) is 24.3 Å². The van der Waals surface area contributed by atoms with Gasteiger partial charge in [0.05, 0.1) is 23.4 Å². The van der Waals surface area contributed by atoms with Gasteiger partial charge in [-0.3, -0.25) is 14.6 Å². The number of rotatable bonds is 2. The van der Waals surface area contributed by atoms with Gasteiger partial charge in [-0.2, -0.15) is 0 Å². The van der Waals surface area contributed by atoms with E-state index >= 15 is 0 Å². The lowest BCUT2D eigenvalue weighted by Crippen LogP contribution is -2.38. The van der Waals surface area contributed by atoms with Crippen molar-refractivity contribution < 1.29 is 14.7 Å². The van der Waals surface area contributed by atoms with E-state index < -0.39 is 6.10 Å². The summed E-state index contributed by atoms with van der Waals surface area (Å²) in [6, 6.07) is 8.92. The molecule has 0 unspecified atom stereocenters. The topological polar surface area (TPSA) is 79.3 Å². The second-order valence-corrected chi connectivity index (χ2v) is 6.42. The average Bonchev–Trinajstić information content (AvgIpc) is 2.91. The molecule has 1 aromatic carbocycles. The number of nitrogens with zero attached hydrogens (tertiary/aromatic N) is 1. The molecule has 2 atom stereocenters. The van der Waals surface area contributed by atoms with Crippen LogP contribution in [0.3, 0.4) is 0 Å². The average molecular weight is 322 g/mol. The predicted octanol–water partition coefficient (Wildman–Crippen LogP) is 1.99. The van der Waals surface area contributed by atoms with Gasteiger partial charge < -0.3 is 10.4 Å². The van der Waals surface area contributed by atoms with E-state index in [2.05, 4.69) is 10.3 Å². The summed E-state index contributed by atoms with van der Waals surface area (Å²) in [5, 5.41) is 13.3. The highest BCUT2D eigenvalue weighted by molar-refractivity contribution is 6.01. The molecule has 0 saturated heterocycles. The molecular weight excluding hydrogens is 304 g/mol. The first-order valence-electron chi connectivity index (χ1n) is 8.22. The Hall–Kier alpha value is -2.53. The number of hydrogen-bond donors (Lipinski definition) is 2. The Morgan fingerprint density at radius 1 is 1.25 bits per heavy atom. The summed E-state index contributed by atoms with van der Waals surface area (Å²) in [6.45, 7) is 0. The van der Waals surface area contributed by atoms with Crippen molar-refractivity contribution in [1.29, 1.82) is 0 Å². The third kappa shape index (κ3) is 2.51. The fourth-order valence-electron chi connectivity index (χ4n) is 3.56. The number of benzene rings is 1. The van der Waals surface area contributed by atoms with Crippen molar-refractivity contribution in [2.24, 2.45) is 0 Å². The molecule has 0 saturated carbocycles. The molecule has 0 radical (unpaired) electrons. The molecule has 1 amide bonds. The summed E-state index contributed by atoms with van der Waals surface area (Å²) in [4.78, 5) is 28.8. The maximum Gasteiger partial charge on any atom is 0.253 e. The molecule has 4 rings (SSSR count). The van der Waals surface area contributed by atoms with E-state index in [1.165, 1.54) is 6.20 Å². The Balaban J connectivity index is 1.54. The van der Waals surface area contributed by atoms with E-state index in [9.17, 15) is 14.7 Å². The molecule has 2 aliphatic carbocycles. The maximum atomic E-state index is 12.5. The Bertz CT molecular complexity index is 831. The van der Waals surface area contributed by atoms with Crippen molar-refractivity contribution in [3.05, 3.63) is 64.5 Å². The molecule has 1 heterocycles. The zero-order valence-electron chi connectivity index (χ0n) is 13.2. The zero-order chi connectivity index (χ0) is 16.7. The van der Waals surface area contributed by atoms with Crippen LogP contribution < -0.4 is 5.32 Å². The first-order chi connectivity index (χ1) is 11.6. The van der Waals surface area contributed by atoms with Gasteiger partial charge in [-0.25, -0.2) is 0 Å². The molecule has 0 aliphatic heterocycles. The summed E-state index contributed by atoms with van der Waals surface area (Å²) in [6.07, 6.45) is 3.51. The standard InChI is InChI=1S/C19H18N2O3/c22-17-7-3-6-15-14(17)8-12(10-20-15)19(24)21-16-9-11-4-1-2-5-13(11)18(16)23/h1-2,4-5,8,10,16,18,23H,3,6-7,9H2,(H,21,24)/t16-,18-/m0/s1. The van der Waals surface area contributed by atoms with E-state index in [0.717, 1.165) is 29.7 Å². The second-order valence-electron chi connectivity index (χ2n) is 6.42. The number of amides is 1. The minimum absolute atomic E-state index is 0.0479. The third-order valence-electron chi connectivity index (χ3n) is 4.86. The summed E-state index contributed by atoms with van der Waals surface area (Å²) in [7, 11) is 0. The minimum Gasteiger partial charge on any atom is -0.386 e. The highest BCUT2D eigenvalue weighted by atomic mass is 16.3. The second kappa shape index (κ2) is 5.83. The van der Waals surface area contributed by atoms with Crippen molar-refractivity contribution in [2.45, 2.75) is 37.8 Å². The number of carbonyl (C=O) groups is 2. The summed E-state index contributed by atoms with van der Waals surface area (Å²) in [5.74, 6) is -0.257.